The minimum atomic E-state index is 0.445. The van der Waals surface area contributed by atoms with Gasteiger partial charge in [0.2, 0.25) is 0 Å². The highest BCUT2D eigenvalue weighted by molar-refractivity contribution is 6.29. The van der Waals surface area contributed by atoms with Gasteiger partial charge in [0.1, 0.15) is 11.0 Å². The molecular formula is C11H17ClN4. The number of nitrogens with zero attached hydrogens (tertiary/aromatic N) is 3. The molecule has 1 unspecified atom stereocenters. The Kier molecular flexibility index (Phi) is 3.96. The Labute approximate surface area is 101 Å². The topological polar surface area (TPSA) is 41.0 Å². The summed E-state index contributed by atoms with van der Waals surface area (Å²) < 4.78 is 0. The van der Waals surface area contributed by atoms with Gasteiger partial charge in [-0.2, -0.15) is 0 Å². The Balaban J connectivity index is 1.94. The summed E-state index contributed by atoms with van der Waals surface area (Å²) in [5, 5.41) is 3.96. The fourth-order valence-electron chi connectivity index (χ4n) is 2.02. The van der Waals surface area contributed by atoms with Crippen molar-refractivity contribution in [3.8, 4) is 0 Å². The van der Waals surface area contributed by atoms with Crippen molar-refractivity contribution in [3.63, 3.8) is 0 Å². The van der Waals surface area contributed by atoms with Crippen molar-refractivity contribution in [1.82, 2.24) is 15.3 Å². The molecule has 4 nitrogen and oxygen atoms in total. The summed E-state index contributed by atoms with van der Waals surface area (Å²) in [5.41, 5.74) is 0. The van der Waals surface area contributed by atoms with Gasteiger partial charge in [-0.15, -0.1) is 0 Å². The molecule has 0 bridgehead atoms. The highest BCUT2D eigenvalue weighted by Crippen LogP contribution is 2.14. The normalized spacial score (nSPS) is 20.8. The van der Waals surface area contributed by atoms with Gasteiger partial charge in [0.05, 0.1) is 12.4 Å². The van der Waals surface area contributed by atoms with Gasteiger partial charge in [0.15, 0.2) is 0 Å². The summed E-state index contributed by atoms with van der Waals surface area (Å²) >= 11 is 5.82. The van der Waals surface area contributed by atoms with Gasteiger partial charge in [0, 0.05) is 19.6 Å². The summed E-state index contributed by atoms with van der Waals surface area (Å²) in [4.78, 5) is 10.4. The fourth-order valence-corrected chi connectivity index (χ4v) is 2.16. The molecule has 0 spiro atoms. The van der Waals surface area contributed by atoms with E-state index in [9.17, 15) is 0 Å². The third-order valence-corrected chi connectivity index (χ3v) is 3.07. The molecule has 0 aromatic carbocycles. The van der Waals surface area contributed by atoms with E-state index in [4.69, 9.17) is 11.6 Å². The van der Waals surface area contributed by atoms with Gasteiger partial charge >= 0.3 is 0 Å². The molecule has 0 amide bonds. The highest BCUT2D eigenvalue weighted by Gasteiger charge is 2.15. The summed E-state index contributed by atoms with van der Waals surface area (Å²) in [7, 11) is 2.02. The standard InChI is InChI=1S/C11H17ClN4/c1-16(8-9-4-2-3-5-14-9)11-7-13-6-10(12)15-11/h6-7,9,14H,2-5,8H2,1H3. The van der Waals surface area contributed by atoms with E-state index in [0.717, 1.165) is 18.9 Å². The first-order chi connectivity index (χ1) is 7.75. The van der Waals surface area contributed by atoms with E-state index in [1.165, 1.54) is 19.3 Å². The number of aromatic nitrogens is 2. The molecular weight excluding hydrogens is 224 g/mol. The Bertz CT molecular complexity index is 339. The molecule has 1 aliphatic rings. The minimum Gasteiger partial charge on any atom is -0.357 e. The quantitative estimate of drug-likeness (QED) is 0.874. The number of halogens is 1. The van der Waals surface area contributed by atoms with E-state index in [1.807, 2.05) is 7.05 Å². The summed E-state index contributed by atoms with van der Waals surface area (Å²) in [6.07, 6.45) is 7.13. The first-order valence-corrected chi connectivity index (χ1v) is 6.05. The number of anilines is 1. The van der Waals surface area contributed by atoms with Gasteiger partial charge < -0.3 is 10.2 Å². The van der Waals surface area contributed by atoms with E-state index in [2.05, 4.69) is 20.2 Å². The zero-order chi connectivity index (χ0) is 11.4. The zero-order valence-corrected chi connectivity index (χ0v) is 10.2. The summed E-state index contributed by atoms with van der Waals surface area (Å²) in [5.74, 6) is 0.833. The van der Waals surface area contributed by atoms with Crippen LogP contribution < -0.4 is 10.2 Å². The zero-order valence-electron chi connectivity index (χ0n) is 9.49. The third-order valence-electron chi connectivity index (χ3n) is 2.89. The van der Waals surface area contributed by atoms with Crippen LogP contribution in [0, 0.1) is 0 Å². The van der Waals surface area contributed by atoms with E-state index in [-0.39, 0.29) is 0 Å². The second-order valence-corrected chi connectivity index (χ2v) is 4.61. The molecule has 1 saturated heterocycles. The molecule has 5 heteroatoms. The monoisotopic (exact) mass is 240 g/mol. The molecule has 0 radical (unpaired) electrons. The van der Waals surface area contributed by atoms with Gasteiger partial charge in [-0.3, -0.25) is 4.98 Å². The van der Waals surface area contributed by atoms with Crippen LogP contribution in [0.25, 0.3) is 0 Å². The summed E-state index contributed by atoms with van der Waals surface area (Å²) in [6, 6.07) is 0.555. The van der Waals surface area contributed by atoms with Gasteiger partial charge in [-0.05, 0) is 19.4 Å². The van der Waals surface area contributed by atoms with Crippen LogP contribution in [0.1, 0.15) is 19.3 Å². The molecule has 1 atom stereocenters. The van der Waals surface area contributed by atoms with Crippen LogP contribution in [0.2, 0.25) is 5.15 Å². The third kappa shape index (κ3) is 3.06. The Morgan fingerprint density at radius 3 is 3.06 bits per heavy atom. The number of nitrogens with one attached hydrogen (secondary N) is 1. The van der Waals surface area contributed by atoms with Crippen LogP contribution in [0.5, 0.6) is 0 Å². The molecule has 1 aliphatic heterocycles. The number of hydrogen-bond donors (Lipinski definition) is 1. The van der Waals surface area contributed by atoms with Crippen LogP contribution >= 0.6 is 11.6 Å². The fraction of sp³-hybridized carbons (Fsp3) is 0.636. The van der Waals surface area contributed by atoms with Crippen molar-refractivity contribution in [2.75, 3.05) is 25.0 Å². The number of rotatable bonds is 3. The lowest BCUT2D eigenvalue weighted by Gasteiger charge is -2.28. The van der Waals surface area contributed by atoms with Crippen molar-refractivity contribution in [2.24, 2.45) is 0 Å². The van der Waals surface area contributed by atoms with Crippen LogP contribution in [0.15, 0.2) is 12.4 Å². The predicted octanol–water partition coefficient (Wildman–Crippen LogP) is 1.71. The molecule has 1 fully saturated rings. The number of piperidine rings is 1. The SMILES string of the molecule is CN(CC1CCCCN1)c1cncc(Cl)n1. The maximum Gasteiger partial charge on any atom is 0.149 e. The smallest absolute Gasteiger partial charge is 0.149 e. The van der Waals surface area contributed by atoms with Crippen LogP contribution in [0.3, 0.4) is 0 Å². The van der Waals surface area contributed by atoms with Gasteiger partial charge in [-0.1, -0.05) is 18.0 Å². The molecule has 0 aliphatic carbocycles. The van der Waals surface area contributed by atoms with Gasteiger partial charge in [-0.25, -0.2) is 4.98 Å². The lowest BCUT2D eigenvalue weighted by Crippen LogP contribution is -2.42. The van der Waals surface area contributed by atoms with Crippen LogP contribution in [-0.4, -0.2) is 36.1 Å². The molecule has 88 valence electrons. The average molecular weight is 241 g/mol. The second kappa shape index (κ2) is 5.46. The first-order valence-electron chi connectivity index (χ1n) is 5.68. The van der Waals surface area contributed by atoms with E-state index in [1.54, 1.807) is 12.4 Å². The van der Waals surface area contributed by atoms with Crippen molar-refractivity contribution in [3.05, 3.63) is 17.5 Å². The van der Waals surface area contributed by atoms with Crippen LogP contribution in [-0.2, 0) is 0 Å². The van der Waals surface area contributed by atoms with Gasteiger partial charge in [0.25, 0.3) is 0 Å². The Hall–Kier alpha value is -0.870. The lowest BCUT2D eigenvalue weighted by molar-refractivity contribution is 0.403. The summed E-state index contributed by atoms with van der Waals surface area (Å²) in [6.45, 7) is 2.08. The average Bonchev–Trinajstić information content (AvgIpc) is 2.30. The molecule has 2 rings (SSSR count). The number of likely N-dealkylation sites (N-methyl/N-ethyl adjacent to an activating group) is 1. The van der Waals surface area contributed by atoms with E-state index in [0.29, 0.717) is 11.2 Å². The Morgan fingerprint density at radius 2 is 2.38 bits per heavy atom. The van der Waals surface area contributed by atoms with Crippen LogP contribution in [0.4, 0.5) is 5.82 Å². The van der Waals surface area contributed by atoms with Crippen molar-refractivity contribution in [1.29, 1.82) is 0 Å². The number of hydrogen-bond acceptors (Lipinski definition) is 4. The molecule has 0 saturated carbocycles. The van der Waals surface area contributed by atoms with E-state index < -0.39 is 0 Å². The van der Waals surface area contributed by atoms with Crippen molar-refractivity contribution in [2.45, 2.75) is 25.3 Å². The molecule has 1 aromatic heterocycles. The second-order valence-electron chi connectivity index (χ2n) is 4.23. The van der Waals surface area contributed by atoms with E-state index >= 15 is 0 Å². The van der Waals surface area contributed by atoms with Crippen molar-refractivity contribution >= 4 is 17.4 Å². The maximum absolute atomic E-state index is 5.82. The molecule has 1 aromatic rings. The maximum atomic E-state index is 5.82. The Morgan fingerprint density at radius 1 is 1.50 bits per heavy atom. The molecule has 16 heavy (non-hydrogen) atoms. The largest absolute Gasteiger partial charge is 0.357 e. The highest BCUT2D eigenvalue weighted by atomic mass is 35.5. The predicted molar refractivity (Wildman–Crippen MR) is 66.0 cm³/mol. The minimum absolute atomic E-state index is 0.445. The first kappa shape index (κ1) is 11.6. The lowest BCUT2D eigenvalue weighted by atomic mass is 10.0. The molecule has 1 N–H and O–H groups in total. The molecule has 2 heterocycles. The van der Waals surface area contributed by atoms with Crippen molar-refractivity contribution < 1.29 is 0 Å².